The van der Waals surface area contributed by atoms with E-state index in [1.54, 1.807) is 20.8 Å². The Morgan fingerprint density at radius 3 is 2.62 bits per heavy atom. The summed E-state index contributed by atoms with van der Waals surface area (Å²) in [5, 5.41) is 13.4. The van der Waals surface area contributed by atoms with E-state index in [1.165, 1.54) is 24.4 Å². The van der Waals surface area contributed by atoms with Gasteiger partial charge in [0.2, 0.25) is 5.95 Å². The number of alkyl carbamates (subject to hydrolysis) is 1. The number of halogens is 2. The van der Waals surface area contributed by atoms with Gasteiger partial charge in [-0.2, -0.15) is 0 Å². The molecule has 9 heteroatoms. The Morgan fingerprint density at radius 2 is 2.04 bits per heavy atom. The Hall–Kier alpha value is -2.48. The van der Waals surface area contributed by atoms with Crippen molar-refractivity contribution in [3.8, 4) is 0 Å². The Morgan fingerprint density at radius 1 is 1.29 bits per heavy atom. The molecule has 24 heavy (non-hydrogen) atoms. The second kappa shape index (κ2) is 7.39. The molecule has 0 aliphatic rings. The summed E-state index contributed by atoms with van der Waals surface area (Å²) in [4.78, 5) is 15.6. The highest BCUT2D eigenvalue weighted by molar-refractivity contribution is 6.30. The first-order chi connectivity index (χ1) is 11.2. The van der Waals surface area contributed by atoms with Gasteiger partial charge in [0.25, 0.3) is 0 Å². The van der Waals surface area contributed by atoms with Crippen LogP contribution < -0.4 is 10.6 Å². The lowest BCUT2D eigenvalue weighted by Gasteiger charge is -2.19. The number of nitrogens with zero attached hydrogens (tertiary/aromatic N) is 3. The van der Waals surface area contributed by atoms with Crippen LogP contribution in [0.2, 0.25) is 5.02 Å². The van der Waals surface area contributed by atoms with Crippen LogP contribution in [0.25, 0.3) is 0 Å². The summed E-state index contributed by atoms with van der Waals surface area (Å²) >= 11 is 5.77. The van der Waals surface area contributed by atoms with Crippen LogP contribution in [0.15, 0.2) is 24.4 Å². The molecular formula is C15H17ClFN5O2. The van der Waals surface area contributed by atoms with Crippen molar-refractivity contribution in [3.63, 3.8) is 0 Å². The maximum atomic E-state index is 13.3. The van der Waals surface area contributed by atoms with Crippen LogP contribution in [0.1, 0.15) is 26.5 Å². The summed E-state index contributed by atoms with van der Waals surface area (Å²) in [6.07, 6.45) is 0.883. The molecule has 0 saturated heterocycles. The zero-order valence-electron chi connectivity index (χ0n) is 13.4. The van der Waals surface area contributed by atoms with E-state index in [2.05, 4.69) is 25.8 Å². The van der Waals surface area contributed by atoms with E-state index < -0.39 is 17.5 Å². The molecule has 0 aliphatic heterocycles. The van der Waals surface area contributed by atoms with Crippen LogP contribution in [-0.2, 0) is 11.3 Å². The van der Waals surface area contributed by atoms with Gasteiger partial charge in [0.15, 0.2) is 0 Å². The Balaban J connectivity index is 1.92. The van der Waals surface area contributed by atoms with Crippen molar-refractivity contribution < 1.29 is 13.9 Å². The molecule has 1 aromatic heterocycles. The summed E-state index contributed by atoms with van der Waals surface area (Å²) in [7, 11) is 0. The van der Waals surface area contributed by atoms with Gasteiger partial charge in [-0.1, -0.05) is 11.6 Å². The zero-order chi connectivity index (χ0) is 17.7. The van der Waals surface area contributed by atoms with Gasteiger partial charge in [-0.15, -0.1) is 10.2 Å². The van der Waals surface area contributed by atoms with Gasteiger partial charge in [-0.3, -0.25) is 0 Å². The first-order valence-corrected chi connectivity index (χ1v) is 7.48. The fourth-order valence-corrected chi connectivity index (χ4v) is 1.89. The van der Waals surface area contributed by atoms with Crippen LogP contribution in [0, 0.1) is 5.82 Å². The van der Waals surface area contributed by atoms with Crippen molar-refractivity contribution in [2.75, 3.05) is 5.32 Å². The molecule has 0 atom stereocenters. The molecular weight excluding hydrogens is 337 g/mol. The summed E-state index contributed by atoms with van der Waals surface area (Å²) in [6.45, 7) is 5.44. The molecule has 1 aromatic carbocycles. The molecule has 2 aromatic rings. The topological polar surface area (TPSA) is 89.0 Å². The Labute approximate surface area is 143 Å². The summed E-state index contributed by atoms with van der Waals surface area (Å²) < 4.78 is 18.4. The molecule has 0 unspecified atom stereocenters. The lowest BCUT2D eigenvalue weighted by atomic mass is 10.2. The third kappa shape index (κ3) is 5.96. The smallest absolute Gasteiger partial charge is 0.407 e. The standard InChI is InChI=1S/C15H17ClFN5O2/c1-15(2,3)24-14(23)19-8-12-7-18-13(22-21-12)20-11-5-9(16)4-10(17)6-11/h4-7H,8H2,1-3H3,(H,19,23)(H,18,20,22). The first kappa shape index (κ1) is 17.9. The van der Waals surface area contributed by atoms with E-state index in [0.29, 0.717) is 11.4 Å². The van der Waals surface area contributed by atoms with Gasteiger partial charge in [0.1, 0.15) is 17.1 Å². The zero-order valence-corrected chi connectivity index (χ0v) is 14.2. The number of nitrogens with one attached hydrogen (secondary N) is 2. The first-order valence-electron chi connectivity index (χ1n) is 7.10. The fraction of sp³-hybridized carbons (Fsp3) is 0.333. The maximum Gasteiger partial charge on any atom is 0.407 e. The highest BCUT2D eigenvalue weighted by Crippen LogP contribution is 2.20. The number of ether oxygens (including phenoxy) is 1. The van der Waals surface area contributed by atoms with E-state index in [9.17, 15) is 9.18 Å². The molecule has 128 valence electrons. The number of hydrogen-bond acceptors (Lipinski definition) is 6. The van der Waals surface area contributed by atoms with Gasteiger partial charge < -0.3 is 15.4 Å². The summed E-state index contributed by atoms with van der Waals surface area (Å²) in [6, 6.07) is 3.98. The molecule has 1 amide bonds. The van der Waals surface area contributed by atoms with E-state index in [1.807, 2.05) is 0 Å². The second-order valence-corrected chi connectivity index (χ2v) is 6.35. The molecule has 7 nitrogen and oxygen atoms in total. The largest absolute Gasteiger partial charge is 0.444 e. The van der Waals surface area contributed by atoms with E-state index >= 15 is 0 Å². The third-order valence-corrected chi connectivity index (χ3v) is 2.76. The Bertz CT molecular complexity index is 699. The summed E-state index contributed by atoms with van der Waals surface area (Å²) in [5.74, 6) is -0.297. The molecule has 0 radical (unpaired) electrons. The highest BCUT2D eigenvalue weighted by atomic mass is 35.5. The second-order valence-electron chi connectivity index (χ2n) is 5.91. The number of carbonyl (C=O) groups is 1. The predicted octanol–water partition coefficient (Wildman–Crippen LogP) is 3.43. The van der Waals surface area contributed by atoms with E-state index in [0.717, 1.165) is 0 Å². The monoisotopic (exact) mass is 353 g/mol. The van der Waals surface area contributed by atoms with E-state index in [-0.39, 0.29) is 17.5 Å². The highest BCUT2D eigenvalue weighted by Gasteiger charge is 2.15. The van der Waals surface area contributed by atoms with Crippen molar-refractivity contribution >= 4 is 29.3 Å². The van der Waals surface area contributed by atoms with Gasteiger partial charge in [-0.25, -0.2) is 14.2 Å². The number of rotatable bonds is 4. The van der Waals surface area contributed by atoms with Gasteiger partial charge in [-0.05, 0) is 39.0 Å². The molecule has 0 bridgehead atoms. The number of hydrogen-bond donors (Lipinski definition) is 2. The van der Waals surface area contributed by atoms with Crippen molar-refractivity contribution in [2.45, 2.75) is 32.9 Å². The maximum absolute atomic E-state index is 13.3. The molecule has 0 fully saturated rings. The van der Waals surface area contributed by atoms with Crippen LogP contribution in [0.4, 0.5) is 20.8 Å². The van der Waals surface area contributed by atoms with E-state index in [4.69, 9.17) is 16.3 Å². The van der Waals surface area contributed by atoms with Gasteiger partial charge >= 0.3 is 6.09 Å². The molecule has 0 saturated carbocycles. The molecule has 0 spiro atoms. The minimum atomic E-state index is -0.575. The number of carbonyl (C=O) groups excluding carboxylic acids is 1. The molecule has 2 rings (SSSR count). The van der Waals surface area contributed by atoms with Crippen LogP contribution in [-0.4, -0.2) is 26.9 Å². The quantitative estimate of drug-likeness (QED) is 0.875. The van der Waals surface area contributed by atoms with Crippen LogP contribution in [0.5, 0.6) is 0 Å². The molecule has 2 N–H and O–H groups in total. The van der Waals surface area contributed by atoms with Crippen molar-refractivity contribution in [3.05, 3.63) is 40.9 Å². The van der Waals surface area contributed by atoms with Crippen molar-refractivity contribution in [1.29, 1.82) is 0 Å². The predicted molar refractivity (Wildman–Crippen MR) is 87.6 cm³/mol. The van der Waals surface area contributed by atoms with Crippen LogP contribution >= 0.6 is 11.6 Å². The number of benzene rings is 1. The molecule has 0 aliphatic carbocycles. The minimum Gasteiger partial charge on any atom is -0.444 e. The van der Waals surface area contributed by atoms with Crippen molar-refractivity contribution in [1.82, 2.24) is 20.5 Å². The lowest BCUT2D eigenvalue weighted by Crippen LogP contribution is -2.32. The SMILES string of the molecule is CC(C)(C)OC(=O)NCc1cnc(Nc2cc(F)cc(Cl)c2)nn1. The normalized spacial score (nSPS) is 11.0. The number of anilines is 2. The lowest BCUT2D eigenvalue weighted by molar-refractivity contribution is 0.0522. The van der Waals surface area contributed by atoms with Gasteiger partial charge in [0.05, 0.1) is 12.7 Å². The fourth-order valence-electron chi connectivity index (χ4n) is 1.67. The average molecular weight is 354 g/mol. The number of aromatic nitrogens is 3. The Kier molecular flexibility index (Phi) is 5.50. The van der Waals surface area contributed by atoms with Crippen LogP contribution in [0.3, 0.4) is 0 Å². The number of amides is 1. The van der Waals surface area contributed by atoms with Gasteiger partial charge in [0, 0.05) is 10.7 Å². The average Bonchev–Trinajstić information content (AvgIpc) is 2.43. The summed E-state index contributed by atoms with van der Waals surface area (Å²) in [5.41, 5.74) is 0.277. The van der Waals surface area contributed by atoms with Crippen molar-refractivity contribution in [2.24, 2.45) is 0 Å². The third-order valence-electron chi connectivity index (χ3n) is 2.54. The minimum absolute atomic E-state index is 0.126. The molecule has 1 heterocycles.